The summed E-state index contributed by atoms with van der Waals surface area (Å²) in [6, 6.07) is 5.57. The maximum Gasteiger partial charge on any atom is 0.230 e. The first-order valence-corrected chi connectivity index (χ1v) is 5.74. The normalized spacial score (nSPS) is 14.8. The largest absolute Gasteiger partial charge is 0.496 e. The van der Waals surface area contributed by atoms with Gasteiger partial charge in [0.05, 0.1) is 19.3 Å². The van der Waals surface area contributed by atoms with E-state index in [0.29, 0.717) is 23.7 Å². The van der Waals surface area contributed by atoms with Gasteiger partial charge in [0.2, 0.25) is 5.78 Å². The Morgan fingerprint density at radius 2 is 2.24 bits per heavy atom. The minimum atomic E-state index is -0.0924. The Labute approximate surface area is 101 Å². The summed E-state index contributed by atoms with van der Waals surface area (Å²) in [7, 11) is 1.57. The molecule has 0 saturated heterocycles. The Kier molecular flexibility index (Phi) is 3.47. The van der Waals surface area contributed by atoms with E-state index in [0.717, 1.165) is 18.4 Å². The van der Waals surface area contributed by atoms with E-state index in [2.05, 4.69) is 0 Å². The number of methoxy groups -OCH3 is 1. The van der Waals surface area contributed by atoms with Gasteiger partial charge in [-0.1, -0.05) is 11.6 Å². The number of ketones is 1. The maximum atomic E-state index is 12.3. The Bertz CT molecular complexity index is 461. The summed E-state index contributed by atoms with van der Waals surface area (Å²) in [5.41, 5.74) is 1.60. The Morgan fingerprint density at radius 1 is 1.41 bits per heavy atom. The van der Waals surface area contributed by atoms with Crippen molar-refractivity contribution in [1.29, 1.82) is 0 Å². The maximum absolute atomic E-state index is 12.3. The average Bonchev–Trinajstić information content (AvgIpc) is 2.39. The summed E-state index contributed by atoms with van der Waals surface area (Å²) >= 11 is 0. The summed E-state index contributed by atoms with van der Waals surface area (Å²) < 4.78 is 10.6. The van der Waals surface area contributed by atoms with Crippen LogP contribution in [0.4, 0.5) is 0 Å². The topological polar surface area (TPSA) is 35.5 Å². The van der Waals surface area contributed by atoms with Gasteiger partial charge in [-0.2, -0.15) is 0 Å². The van der Waals surface area contributed by atoms with Gasteiger partial charge < -0.3 is 9.47 Å². The van der Waals surface area contributed by atoms with Crippen molar-refractivity contribution in [2.75, 3.05) is 13.7 Å². The van der Waals surface area contributed by atoms with Crippen LogP contribution in [0.3, 0.4) is 0 Å². The molecule has 90 valence electrons. The lowest BCUT2D eigenvalue weighted by Gasteiger charge is -2.15. The Balaban J connectivity index is 2.35. The van der Waals surface area contributed by atoms with Crippen LogP contribution in [-0.2, 0) is 4.74 Å². The van der Waals surface area contributed by atoms with Crippen molar-refractivity contribution in [1.82, 2.24) is 0 Å². The number of benzene rings is 1. The summed E-state index contributed by atoms with van der Waals surface area (Å²) in [4.78, 5) is 12.3. The lowest BCUT2D eigenvalue weighted by Crippen LogP contribution is -2.12. The van der Waals surface area contributed by atoms with Crippen molar-refractivity contribution in [3.8, 4) is 5.75 Å². The molecule has 0 N–H and O–H groups in total. The van der Waals surface area contributed by atoms with Crippen LogP contribution in [0.5, 0.6) is 5.75 Å². The number of aryl methyl sites for hydroxylation is 1. The molecule has 0 bridgehead atoms. The van der Waals surface area contributed by atoms with Gasteiger partial charge in [-0.15, -0.1) is 0 Å². The fourth-order valence-electron chi connectivity index (χ4n) is 1.85. The van der Waals surface area contributed by atoms with Crippen LogP contribution in [0.1, 0.15) is 28.8 Å². The van der Waals surface area contributed by atoms with Gasteiger partial charge in [0.15, 0.2) is 5.76 Å². The van der Waals surface area contributed by atoms with Crippen LogP contribution in [0.15, 0.2) is 30.0 Å². The second-order valence-electron chi connectivity index (χ2n) is 4.09. The molecule has 1 aromatic rings. The number of Topliss-reactive ketones (excluding diaryl/α,β-unsaturated/α-hetero) is 1. The molecular formula is C14H16O3. The summed E-state index contributed by atoms with van der Waals surface area (Å²) in [5, 5.41) is 0. The quantitative estimate of drug-likeness (QED) is 0.752. The van der Waals surface area contributed by atoms with E-state index in [9.17, 15) is 4.79 Å². The SMILES string of the molecule is COc1ccc(C)cc1C(=O)C1=CCCCO1. The number of allylic oxidation sites excluding steroid dienone is 2. The van der Waals surface area contributed by atoms with Crippen molar-refractivity contribution >= 4 is 5.78 Å². The van der Waals surface area contributed by atoms with Crippen LogP contribution in [0, 0.1) is 6.92 Å². The zero-order valence-electron chi connectivity index (χ0n) is 10.2. The van der Waals surface area contributed by atoms with Crippen molar-refractivity contribution in [2.45, 2.75) is 19.8 Å². The number of hydrogen-bond donors (Lipinski definition) is 0. The van der Waals surface area contributed by atoms with Gasteiger partial charge in [0, 0.05) is 0 Å². The minimum Gasteiger partial charge on any atom is -0.496 e. The molecule has 1 aliphatic heterocycles. The molecule has 1 aliphatic rings. The lowest BCUT2D eigenvalue weighted by atomic mass is 10.0. The molecule has 3 nitrogen and oxygen atoms in total. The first-order valence-electron chi connectivity index (χ1n) is 5.74. The van der Waals surface area contributed by atoms with Crippen molar-refractivity contribution in [2.24, 2.45) is 0 Å². The molecule has 0 aromatic heterocycles. The summed E-state index contributed by atoms with van der Waals surface area (Å²) in [6.45, 7) is 2.57. The molecule has 0 aliphatic carbocycles. The number of rotatable bonds is 3. The van der Waals surface area contributed by atoms with Crippen LogP contribution in [-0.4, -0.2) is 19.5 Å². The third-order valence-corrected chi connectivity index (χ3v) is 2.76. The van der Waals surface area contributed by atoms with E-state index in [1.165, 1.54) is 0 Å². The van der Waals surface area contributed by atoms with Crippen LogP contribution >= 0.6 is 0 Å². The highest BCUT2D eigenvalue weighted by atomic mass is 16.5. The van der Waals surface area contributed by atoms with Gasteiger partial charge in [-0.3, -0.25) is 4.79 Å². The molecule has 0 amide bonds. The molecule has 0 spiro atoms. The van der Waals surface area contributed by atoms with E-state index in [1.807, 2.05) is 31.2 Å². The molecule has 0 radical (unpaired) electrons. The monoisotopic (exact) mass is 232 g/mol. The minimum absolute atomic E-state index is 0.0924. The molecule has 0 atom stereocenters. The van der Waals surface area contributed by atoms with Crippen molar-refractivity contribution in [3.63, 3.8) is 0 Å². The standard InChI is InChI=1S/C14H16O3/c1-10-6-7-12(16-2)11(9-10)14(15)13-5-3-4-8-17-13/h5-7,9H,3-4,8H2,1-2H3. The predicted molar refractivity (Wildman–Crippen MR) is 65.3 cm³/mol. The highest BCUT2D eigenvalue weighted by Crippen LogP contribution is 2.24. The van der Waals surface area contributed by atoms with E-state index >= 15 is 0 Å². The molecule has 3 heteroatoms. The molecule has 1 aromatic carbocycles. The van der Waals surface area contributed by atoms with Crippen LogP contribution in [0.25, 0.3) is 0 Å². The van der Waals surface area contributed by atoms with Gasteiger partial charge >= 0.3 is 0 Å². The molecular weight excluding hydrogens is 216 g/mol. The van der Waals surface area contributed by atoms with Gasteiger partial charge in [-0.05, 0) is 38.0 Å². The molecule has 1 heterocycles. The first-order chi connectivity index (χ1) is 8.22. The number of carbonyl (C=O) groups excluding carboxylic acids is 1. The van der Waals surface area contributed by atoms with E-state index in [4.69, 9.17) is 9.47 Å². The summed E-state index contributed by atoms with van der Waals surface area (Å²) in [6.07, 6.45) is 3.73. The van der Waals surface area contributed by atoms with E-state index < -0.39 is 0 Å². The number of ether oxygens (including phenoxy) is 2. The smallest absolute Gasteiger partial charge is 0.230 e. The lowest BCUT2D eigenvalue weighted by molar-refractivity contribution is 0.0896. The molecule has 0 unspecified atom stereocenters. The Hall–Kier alpha value is -1.77. The average molecular weight is 232 g/mol. The van der Waals surface area contributed by atoms with E-state index in [1.54, 1.807) is 7.11 Å². The second kappa shape index (κ2) is 5.04. The number of hydrogen-bond acceptors (Lipinski definition) is 3. The Morgan fingerprint density at radius 3 is 2.88 bits per heavy atom. The number of carbonyl (C=O) groups is 1. The van der Waals surface area contributed by atoms with Gasteiger partial charge in [0.25, 0.3) is 0 Å². The van der Waals surface area contributed by atoms with Crippen LogP contribution < -0.4 is 4.74 Å². The van der Waals surface area contributed by atoms with Crippen molar-refractivity contribution in [3.05, 3.63) is 41.2 Å². The zero-order chi connectivity index (χ0) is 12.3. The fraction of sp³-hybridized carbons (Fsp3) is 0.357. The zero-order valence-corrected chi connectivity index (χ0v) is 10.2. The molecule has 0 saturated carbocycles. The third-order valence-electron chi connectivity index (χ3n) is 2.76. The predicted octanol–water partition coefficient (Wildman–Crippen LogP) is 2.88. The molecule has 17 heavy (non-hydrogen) atoms. The molecule has 0 fully saturated rings. The highest BCUT2D eigenvalue weighted by Gasteiger charge is 2.19. The first kappa shape index (κ1) is 11.7. The second-order valence-corrected chi connectivity index (χ2v) is 4.09. The van der Waals surface area contributed by atoms with Crippen LogP contribution in [0.2, 0.25) is 0 Å². The van der Waals surface area contributed by atoms with E-state index in [-0.39, 0.29) is 5.78 Å². The highest BCUT2D eigenvalue weighted by molar-refractivity contribution is 6.09. The third kappa shape index (κ3) is 2.49. The fourth-order valence-corrected chi connectivity index (χ4v) is 1.85. The summed E-state index contributed by atoms with van der Waals surface area (Å²) in [5.74, 6) is 0.945. The van der Waals surface area contributed by atoms with Gasteiger partial charge in [-0.25, -0.2) is 0 Å². The van der Waals surface area contributed by atoms with Crippen molar-refractivity contribution < 1.29 is 14.3 Å². The molecule has 2 rings (SSSR count). The van der Waals surface area contributed by atoms with Gasteiger partial charge in [0.1, 0.15) is 5.75 Å².